The second-order valence-corrected chi connectivity index (χ2v) is 4.86. The fourth-order valence-corrected chi connectivity index (χ4v) is 1.90. The third-order valence-corrected chi connectivity index (χ3v) is 2.82. The molecule has 118 valence electrons. The highest BCUT2D eigenvalue weighted by molar-refractivity contribution is 5.85. The second-order valence-electron chi connectivity index (χ2n) is 4.86. The van der Waals surface area contributed by atoms with Crippen molar-refractivity contribution in [1.82, 2.24) is 29.8 Å². The van der Waals surface area contributed by atoms with E-state index in [0.717, 1.165) is 6.20 Å². The first-order chi connectivity index (χ1) is 11.0. The maximum absolute atomic E-state index is 11.8. The summed E-state index contributed by atoms with van der Waals surface area (Å²) < 4.78 is 6.26. The van der Waals surface area contributed by atoms with Crippen LogP contribution in [0, 0.1) is 10.1 Å². The Kier molecular flexibility index (Phi) is 3.44. The minimum atomic E-state index is -0.667. The predicted molar refractivity (Wildman–Crippen MR) is 75.6 cm³/mol. The van der Waals surface area contributed by atoms with E-state index in [-0.39, 0.29) is 29.1 Å². The summed E-state index contributed by atoms with van der Waals surface area (Å²) in [5, 5.41) is 21.1. The van der Waals surface area contributed by atoms with Crippen LogP contribution in [-0.2, 0) is 4.74 Å². The summed E-state index contributed by atoms with van der Waals surface area (Å²) in [5.74, 6) is -0.631. The number of carbonyl (C=O) groups excluding carboxylic acids is 1. The van der Waals surface area contributed by atoms with Crippen molar-refractivity contribution in [2.75, 3.05) is 0 Å². The number of rotatable bonds is 4. The molecular weight excluding hydrogens is 306 g/mol. The van der Waals surface area contributed by atoms with E-state index in [2.05, 4.69) is 25.3 Å². The van der Waals surface area contributed by atoms with Crippen LogP contribution in [-0.4, -0.2) is 46.8 Å². The van der Waals surface area contributed by atoms with Crippen molar-refractivity contribution in [2.24, 2.45) is 0 Å². The van der Waals surface area contributed by atoms with E-state index >= 15 is 0 Å². The molecule has 0 amide bonds. The van der Waals surface area contributed by atoms with Gasteiger partial charge in [-0.3, -0.25) is 15.2 Å². The van der Waals surface area contributed by atoms with E-state index in [1.807, 2.05) is 0 Å². The van der Waals surface area contributed by atoms with Crippen molar-refractivity contribution in [3.8, 4) is 11.3 Å². The van der Waals surface area contributed by atoms with Crippen LogP contribution in [0.5, 0.6) is 0 Å². The molecule has 0 spiro atoms. The molecule has 0 unspecified atom stereocenters. The van der Waals surface area contributed by atoms with Gasteiger partial charge in [-0.25, -0.2) is 14.3 Å². The topological polar surface area (TPSA) is 141 Å². The molecule has 0 saturated carbocycles. The first-order valence-corrected chi connectivity index (χ1v) is 6.57. The van der Waals surface area contributed by atoms with Crippen LogP contribution in [0.1, 0.15) is 24.5 Å². The van der Waals surface area contributed by atoms with Crippen LogP contribution in [0.4, 0.5) is 5.69 Å². The third kappa shape index (κ3) is 2.71. The van der Waals surface area contributed by atoms with Gasteiger partial charge in [-0.15, -0.1) is 5.10 Å². The minimum absolute atomic E-state index is 0.137. The Bertz CT molecular complexity index is 898. The molecule has 0 fully saturated rings. The number of fused-ring (bicyclic) bond motifs is 1. The molecule has 3 rings (SSSR count). The molecule has 11 heteroatoms. The maximum atomic E-state index is 11.8. The zero-order valence-electron chi connectivity index (χ0n) is 12.1. The fraction of sp³-hybridized carbons (Fsp3) is 0.250. The second kappa shape index (κ2) is 5.44. The van der Waals surface area contributed by atoms with Gasteiger partial charge < -0.3 is 4.74 Å². The normalized spacial score (nSPS) is 11.1. The van der Waals surface area contributed by atoms with E-state index in [1.165, 1.54) is 16.9 Å². The summed E-state index contributed by atoms with van der Waals surface area (Å²) >= 11 is 0. The monoisotopic (exact) mass is 317 g/mol. The van der Waals surface area contributed by atoms with Gasteiger partial charge in [0.1, 0.15) is 11.9 Å². The number of aromatic amines is 1. The summed E-state index contributed by atoms with van der Waals surface area (Å²) in [7, 11) is 0. The summed E-state index contributed by atoms with van der Waals surface area (Å²) in [6.45, 7) is 3.42. The van der Waals surface area contributed by atoms with E-state index in [0.29, 0.717) is 5.56 Å². The molecule has 3 aromatic heterocycles. The lowest BCUT2D eigenvalue weighted by atomic mass is 10.2. The smallest absolute Gasteiger partial charge is 0.378 e. The van der Waals surface area contributed by atoms with Crippen molar-refractivity contribution in [2.45, 2.75) is 20.0 Å². The molecule has 0 atom stereocenters. The Hall–Kier alpha value is -3.37. The number of aromatic nitrogens is 6. The molecular formula is C12H11N7O4. The molecule has 0 saturated heterocycles. The average molecular weight is 317 g/mol. The number of ether oxygens (including phenoxy) is 1. The summed E-state index contributed by atoms with van der Waals surface area (Å²) in [5.41, 5.74) is 0.382. The molecule has 11 nitrogen and oxygen atoms in total. The van der Waals surface area contributed by atoms with Crippen LogP contribution in [0.3, 0.4) is 0 Å². The Morgan fingerprint density at radius 3 is 2.91 bits per heavy atom. The molecule has 3 heterocycles. The number of hydrogen-bond acceptors (Lipinski definition) is 8. The molecule has 3 aromatic rings. The molecule has 1 N–H and O–H groups in total. The van der Waals surface area contributed by atoms with E-state index < -0.39 is 10.9 Å². The van der Waals surface area contributed by atoms with Gasteiger partial charge in [0.2, 0.25) is 0 Å². The van der Waals surface area contributed by atoms with Crippen molar-refractivity contribution < 1.29 is 14.5 Å². The Balaban J connectivity index is 2.01. The van der Waals surface area contributed by atoms with Gasteiger partial charge in [0.25, 0.3) is 11.6 Å². The van der Waals surface area contributed by atoms with Crippen LogP contribution in [0.2, 0.25) is 0 Å². The van der Waals surface area contributed by atoms with Crippen LogP contribution >= 0.6 is 0 Å². The number of nitrogens with one attached hydrogen (secondary N) is 1. The Morgan fingerprint density at radius 2 is 2.22 bits per heavy atom. The molecule has 23 heavy (non-hydrogen) atoms. The van der Waals surface area contributed by atoms with Crippen LogP contribution < -0.4 is 0 Å². The van der Waals surface area contributed by atoms with Gasteiger partial charge in [0.05, 0.1) is 11.0 Å². The molecule has 0 aliphatic carbocycles. The first-order valence-electron chi connectivity index (χ1n) is 6.57. The summed E-state index contributed by atoms with van der Waals surface area (Å²) in [6.07, 6.45) is 3.64. The summed E-state index contributed by atoms with van der Waals surface area (Å²) in [4.78, 5) is 30.2. The standard InChI is InChI=1S/C12H11N7O4/c1-6(2)23-11(20)10-15-12-13-3-7(5-18(12)17-10)9-8(19(21)22)4-14-16-9/h3-6H,1-2H3,(H,14,16). The molecule has 0 aliphatic heterocycles. The maximum Gasteiger partial charge on any atom is 0.378 e. The zero-order valence-corrected chi connectivity index (χ0v) is 12.1. The molecule has 0 aromatic carbocycles. The minimum Gasteiger partial charge on any atom is -0.457 e. The quantitative estimate of drug-likeness (QED) is 0.426. The molecule has 0 aliphatic rings. The van der Waals surface area contributed by atoms with Crippen molar-refractivity contribution >= 4 is 17.4 Å². The number of hydrogen-bond donors (Lipinski definition) is 1. The van der Waals surface area contributed by atoms with Gasteiger partial charge in [-0.2, -0.15) is 10.1 Å². The third-order valence-electron chi connectivity index (χ3n) is 2.82. The van der Waals surface area contributed by atoms with E-state index in [4.69, 9.17) is 4.74 Å². The highest BCUT2D eigenvalue weighted by Crippen LogP contribution is 2.26. The lowest BCUT2D eigenvalue weighted by molar-refractivity contribution is -0.384. The number of nitrogens with zero attached hydrogens (tertiary/aromatic N) is 6. The molecule has 0 bridgehead atoms. The lowest BCUT2D eigenvalue weighted by Gasteiger charge is -2.03. The number of H-pyrrole nitrogens is 1. The summed E-state index contributed by atoms with van der Waals surface area (Å²) in [6, 6.07) is 0. The SMILES string of the molecule is CC(C)OC(=O)c1nc2ncc(-c3[nH]ncc3[N+](=O)[O-])cn2n1. The highest BCUT2D eigenvalue weighted by atomic mass is 16.6. The van der Waals surface area contributed by atoms with Crippen LogP contribution in [0.25, 0.3) is 17.0 Å². The number of carbonyl (C=O) groups is 1. The van der Waals surface area contributed by atoms with E-state index in [1.54, 1.807) is 13.8 Å². The Labute approximate surface area is 128 Å². The Morgan fingerprint density at radius 1 is 1.43 bits per heavy atom. The van der Waals surface area contributed by atoms with Gasteiger partial charge in [-0.05, 0) is 13.8 Å². The van der Waals surface area contributed by atoms with Crippen molar-refractivity contribution in [3.05, 3.63) is 34.5 Å². The fourth-order valence-electron chi connectivity index (χ4n) is 1.90. The van der Waals surface area contributed by atoms with Gasteiger partial charge in [0, 0.05) is 18.0 Å². The predicted octanol–water partition coefficient (Wildman–Crippen LogP) is 0.988. The molecule has 0 radical (unpaired) electrons. The van der Waals surface area contributed by atoms with Crippen LogP contribution in [0.15, 0.2) is 18.6 Å². The van der Waals surface area contributed by atoms with Gasteiger partial charge >= 0.3 is 11.7 Å². The zero-order chi connectivity index (χ0) is 16.6. The average Bonchev–Trinajstić information content (AvgIpc) is 3.12. The largest absolute Gasteiger partial charge is 0.457 e. The van der Waals surface area contributed by atoms with Gasteiger partial charge in [-0.1, -0.05) is 0 Å². The number of nitro groups is 1. The van der Waals surface area contributed by atoms with Crippen molar-refractivity contribution in [1.29, 1.82) is 0 Å². The first kappa shape index (κ1) is 14.6. The van der Waals surface area contributed by atoms with E-state index in [9.17, 15) is 14.9 Å². The number of esters is 1. The highest BCUT2D eigenvalue weighted by Gasteiger charge is 2.20. The van der Waals surface area contributed by atoms with Gasteiger partial charge in [0.15, 0.2) is 0 Å². The van der Waals surface area contributed by atoms with Crippen molar-refractivity contribution in [3.63, 3.8) is 0 Å². The lowest BCUT2D eigenvalue weighted by Crippen LogP contribution is -2.13.